The molecule has 0 aromatic carbocycles. The number of thioether (sulfide) groups is 1. The third-order valence-corrected chi connectivity index (χ3v) is 4.67. The lowest BCUT2D eigenvalue weighted by Gasteiger charge is -2.35. The highest BCUT2D eigenvalue weighted by atomic mass is 32.2. The van der Waals surface area contributed by atoms with E-state index in [1.54, 1.807) is 11.8 Å². The van der Waals surface area contributed by atoms with Gasteiger partial charge in [-0.3, -0.25) is 4.79 Å². The first kappa shape index (κ1) is 16.1. The number of nitrogens with zero attached hydrogens (tertiary/aromatic N) is 1. The summed E-state index contributed by atoms with van der Waals surface area (Å²) < 4.78 is 0. The first-order chi connectivity index (χ1) is 9.10. The van der Waals surface area contributed by atoms with Crippen molar-refractivity contribution in [2.45, 2.75) is 51.5 Å². The fraction of sp³-hybridized carbons (Fsp3) is 0.846. The third kappa shape index (κ3) is 3.78. The molecule has 0 aromatic heterocycles. The number of carbonyl (C=O) groups excluding carboxylic acids is 1. The molecule has 1 unspecified atom stereocenters. The summed E-state index contributed by atoms with van der Waals surface area (Å²) in [5.74, 6) is 0.862. The minimum atomic E-state index is -0.807. The van der Waals surface area contributed by atoms with E-state index in [0.29, 0.717) is 12.8 Å². The van der Waals surface area contributed by atoms with E-state index >= 15 is 0 Å². The Labute approximate surface area is 119 Å². The lowest BCUT2D eigenvalue weighted by molar-refractivity contribution is -0.129. The van der Waals surface area contributed by atoms with Crippen LogP contribution in [0.1, 0.15) is 45.4 Å². The molecule has 0 heterocycles. The number of hydrogen-bond acceptors (Lipinski definition) is 4. The smallest absolute Gasteiger partial charge is 0.234 e. The first-order valence-electron chi connectivity index (χ1n) is 6.88. The van der Waals surface area contributed by atoms with Gasteiger partial charge in [-0.2, -0.15) is 11.8 Å². The first-order valence-corrected chi connectivity index (χ1v) is 8.28. The van der Waals surface area contributed by atoms with Crippen LogP contribution in [0, 0.1) is 5.41 Å². The van der Waals surface area contributed by atoms with Gasteiger partial charge in [0.25, 0.3) is 0 Å². The van der Waals surface area contributed by atoms with E-state index in [1.165, 1.54) is 0 Å². The summed E-state index contributed by atoms with van der Waals surface area (Å²) in [5.41, 5.74) is 5.00. The molecule has 4 N–H and O–H groups in total. The quantitative estimate of drug-likeness (QED) is 0.301. The number of nitrogens with one attached hydrogen (secondary N) is 1. The fourth-order valence-electron chi connectivity index (χ4n) is 2.64. The molecule has 0 aromatic rings. The predicted molar refractivity (Wildman–Crippen MR) is 79.5 cm³/mol. The zero-order valence-corrected chi connectivity index (χ0v) is 12.6. The van der Waals surface area contributed by atoms with Crippen molar-refractivity contribution in [3.8, 4) is 0 Å². The molecular weight excluding hydrogens is 262 g/mol. The molecule has 1 saturated carbocycles. The lowest BCUT2D eigenvalue weighted by atomic mass is 9.72. The molecule has 0 saturated heterocycles. The molecule has 0 bridgehead atoms. The summed E-state index contributed by atoms with van der Waals surface area (Å²) in [6.45, 7) is 2.05. The van der Waals surface area contributed by atoms with Gasteiger partial charge in [0.1, 0.15) is 5.41 Å². The minimum absolute atomic E-state index is 0.0590. The van der Waals surface area contributed by atoms with Crippen LogP contribution in [0.5, 0.6) is 0 Å². The average molecular weight is 287 g/mol. The van der Waals surface area contributed by atoms with Gasteiger partial charge in [0.15, 0.2) is 5.84 Å². The van der Waals surface area contributed by atoms with Crippen molar-refractivity contribution in [3.63, 3.8) is 0 Å². The minimum Gasteiger partial charge on any atom is -0.409 e. The topological polar surface area (TPSA) is 87.7 Å². The molecule has 5 nitrogen and oxygen atoms in total. The molecule has 110 valence electrons. The summed E-state index contributed by atoms with van der Waals surface area (Å²) in [6, 6.07) is 0.146. The number of rotatable bonds is 6. The van der Waals surface area contributed by atoms with E-state index in [4.69, 9.17) is 10.9 Å². The van der Waals surface area contributed by atoms with E-state index < -0.39 is 5.41 Å². The summed E-state index contributed by atoms with van der Waals surface area (Å²) in [7, 11) is 0. The van der Waals surface area contributed by atoms with Gasteiger partial charge in [0.2, 0.25) is 5.91 Å². The van der Waals surface area contributed by atoms with E-state index in [-0.39, 0.29) is 17.8 Å². The van der Waals surface area contributed by atoms with Gasteiger partial charge in [-0.15, -0.1) is 0 Å². The van der Waals surface area contributed by atoms with Crippen LogP contribution in [-0.4, -0.2) is 35.0 Å². The van der Waals surface area contributed by atoms with Crippen molar-refractivity contribution in [3.05, 3.63) is 0 Å². The molecule has 0 aliphatic heterocycles. The van der Waals surface area contributed by atoms with Crippen LogP contribution in [0.2, 0.25) is 0 Å². The van der Waals surface area contributed by atoms with Crippen molar-refractivity contribution in [1.82, 2.24) is 5.32 Å². The Bertz CT molecular complexity index is 328. The number of oxime groups is 1. The summed E-state index contributed by atoms with van der Waals surface area (Å²) in [5, 5.41) is 15.1. The normalized spacial score (nSPS) is 20.8. The Morgan fingerprint density at radius 3 is 2.58 bits per heavy atom. The van der Waals surface area contributed by atoms with Gasteiger partial charge < -0.3 is 16.3 Å². The molecule has 19 heavy (non-hydrogen) atoms. The number of nitrogens with two attached hydrogens (primary N) is 1. The van der Waals surface area contributed by atoms with E-state index in [9.17, 15) is 4.79 Å². The van der Waals surface area contributed by atoms with Crippen LogP contribution >= 0.6 is 11.8 Å². The second kappa shape index (κ2) is 7.62. The van der Waals surface area contributed by atoms with Crippen LogP contribution in [-0.2, 0) is 4.79 Å². The Balaban J connectivity index is 2.83. The maximum Gasteiger partial charge on any atom is 0.234 e. The molecular formula is C13H25N3O2S. The van der Waals surface area contributed by atoms with Gasteiger partial charge >= 0.3 is 0 Å². The standard InChI is InChI=1S/C13H25N3O2S/c1-3-10(9-19-2)15-12(17)13(11(14)16-18)7-5-4-6-8-13/h10,18H,3-9H2,1-2H3,(H2,14,16)(H,15,17). The zero-order chi connectivity index (χ0) is 14.3. The Hall–Kier alpha value is -0.910. The van der Waals surface area contributed by atoms with Gasteiger partial charge in [-0.25, -0.2) is 0 Å². The van der Waals surface area contributed by atoms with Gasteiger partial charge in [-0.05, 0) is 25.5 Å². The van der Waals surface area contributed by atoms with Crippen LogP contribution in [0.3, 0.4) is 0 Å². The third-order valence-electron chi connectivity index (χ3n) is 3.94. The summed E-state index contributed by atoms with van der Waals surface area (Å²) in [6.07, 6.45) is 7.25. The number of amidine groups is 1. The van der Waals surface area contributed by atoms with E-state index in [2.05, 4.69) is 17.4 Å². The fourth-order valence-corrected chi connectivity index (χ4v) is 3.36. The number of amides is 1. The maximum atomic E-state index is 12.6. The monoisotopic (exact) mass is 287 g/mol. The Morgan fingerprint density at radius 2 is 2.11 bits per heavy atom. The molecule has 1 atom stereocenters. The Kier molecular flexibility index (Phi) is 6.48. The van der Waals surface area contributed by atoms with Crippen LogP contribution in [0.15, 0.2) is 5.16 Å². The SMILES string of the molecule is CCC(CSC)NC(=O)C1(C(N)=NO)CCCCC1. The zero-order valence-electron chi connectivity index (χ0n) is 11.8. The molecule has 0 radical (unpaired) electrons. The molecule has 1 amide bonds. The van der Waals surface area contributed by atoms with Gasteiger partial charge in [0.05, 0.1) is 0 Å². The highest BCUT2D eigenvalue weighted by Gasteiger charge is 2.44. The highest BCUT2D eigenvalue weighted by molar-refractivity contribution is 7.98. The molecule has 1 fully saturated rings. The van der Waals surface area contributed by atoms with Crippen molar-refractivity contribution < 1.29 is 10.0 Å². The van der Waals surface area contributed by atoms with Crippen molar-refractivity contribution in [2.75, 3.05) is 12.0 Å². The highest BCUT2D eigenvalue weighted by Crippen LogP contribution is 2.37. The molecule has 0 spiro atoms. The maximum absolute atomic E-state index is 12.6. The Morgan fingerprint density at radius 1 is 1.47 bits per heavy atom. The number of hydrogen-bond donors (Lipinski definition) is 3. The van der Waals surface area contributed by atoms with Crippen molar-refractivity contribution >= 4 is 23.5 Å². The number of carbonyl (C=O) groups is 1. The van der Waals surface area contributed by atoms with Crippen molar-refractivity contribution in [1.29, 1.82) is 0 Å². The van der Waals surface area contributed by atoms with Crippen LogP contribution in [0.4, 0.5) is 0 Å². The second-order valence-corrected chi connectivity index (χ2v) is 6.07. The lowest BCUT2D eigenvalue weighted by Crippen LogP contribution is -2.53. The molecule has 1 aliphatic rings. The average Bonchev–Trinajstić information content (AvgIpc) is 2.46. The van der Waals surface area contributed by atoms with Crippen molar-refractivity contribution in [2.24, 2.45) is 16.3 Å². The van der Waals surface area contributed by atoms with Gasteiger partial charge in [-0.1, -0.05) is 31.3 Å². The predicted octanol–water partition coefficient (Wildman–Crippen LogP) is 1.94. The molecule has 1 rings (SSSR count). The second-order valence-electron chi connectivity index (χ2n) is 5.16. The van der Waals surface area contributed by atoms with E-state index in [0.717, 1.165) is 31.4 Å². The van der Waals surface area contributed by atoms with E-state index in [1.807, 2.05) is 6.26 Å². The van der Waals surface area contributed by atoms with Crippen LogP contribution in [0.25, 0.3) is 0 Å². The summed E-state index contributed by atoms with van der Waals surface area (Å²) >= 11 is 1.71. The largest absolute Gasteiger partial charge is 0.409 e. The molecule has 1 aliphatic carbocycles. The van der Waals surface area contributed by atoms with Gasteiger partial charge in [0, 0.05) is 11.8 Å². The molecule has 6 heteroatoms. The summed E-state index contributed by atoms with van der Waals surface area (Å²) in [4.78, 5) is 12.6. The van der Waals surface area contributed by atoms with Crippen LogP contribution < -0.4 is 11.1 Å².